The van der Waals surface area contributed by atoms with Gasteiger partial charge in [0.25, 0.3) is 0 Å². The molecule has 4 nitrogen and oxygen atoms in total. The van der Waals surface area contributed by atoms with Crippen LogP contribution in [0, 0.1) is 0 Å². The van der Waals surface area contributed by atoms with Gasteiger partial charge in [-0.25, -0.2) is 0 Å². The minimum atomic E-state index is -1.14. The Bertz CT molecular complexity index is 395. The van der Waals surface area contributed by atoms with Crippen molar-refractivity contribution in [2.45, 2.75) is 23.5 Å². The Morgan fingerprint density at radius 2 is 2.12 bits per heavy atom. The van der Waals surface area contributed by atoms with Crippen molar-refractivity contribution in [3.05, 3.63) is 18.2 Å². The highest BCUT2D eigenvalue weighted by molar-refractivity contribution is 7.85. The zero-order chi connectivity index (χ0) is 12.8. The average Bonchev–Trinajstić information content (AvgIpc) is 2.35. The van der Waals surface area contributed by atoms with E-state index in [2.05, 4.69) is 0 Å². The second-order valence-corrected chi connectivity index (χ2v) is 5.63. The maximum absolute atomic E-state index is 12.3. The van der Waals surface area contributed by atoms with E-state index in [1.807, 2.05) is 6.92 Å². The second-order valence-electron chi connectivity index (χ2n) is 3.79. The molecule has 0 saturated carbocycles. The smallest absolute Gasteiger partial charge is 0.120 e. The normalized spacial score (nSPS) is 14.3. The fraction of sp³-hybridized carbons (Fsp3) is 0.500. The molecule has 0 fully saturated rings. The monoisotopic (exact) mass is 257 g/mol. The van der Waals surface area contributed by atoms with Crippen LogP contribution in [0.2, 0.25) is 0 Å². The summed E-state index contributed by atoms with van der Waals surface area (Å²) >= 11 is 0. The van der Waals surface area contributed by atoms with E-state index in [9.17, 15) is 4.21 Å². The van der Waals surface area contributed by atoms with E-state index in [0.29, 0.717) is 22.9 Å². The molecular weight excluding hydrogens is 238 g/mol. The van der Waals surface area contributed by atoms with Crippen LogP contribution in [0.3, 0.4) is 0 Å². The molecule has 0 heterocycles. The first-order valence-electron chi connectivity index (χ1n) is 5.43. The average molecular weight is 257 g/mol. The Kier molecular flexibility index (Phi) is 5.44. The zero-order valence-corrected chi connectivity index (χ0v) is 11.3. The molecule has 96 valence electrons. The van der Waals surface area contributed by atoms with E-state index < -0.39 is 10.8 Å². The molecule has 0 aliphatic carbocycles. The quantitative estimate of drug-likeness (QED) is 0.790. The molecule has 0 amide bonds. The lowest BCUT2D eigenvalue weighted by atomic mass is 10.3. The lowest BCUT2D eigenvalue weighted by molar-refractivity contribution is 0.195. The highest BCUT2D eigenvalue weighted by Gasteiger charge is 2.16. The van der Waals surface area contributed by atoms with Crippen LogP contribution in [0.4, 0.5) is 5.69 Å². The van der Waals surface area contributed by atoms with Crippen molar-refractivity contribution in [2.75, 3.05) is 26.6 Å². The Labute approximate surface area is 105 Å². The third kappa shape index (κ3) is 3.71. The maximum atomic E-state index is 12.3. The molecule has 0 aliphatic heterocycles. The molecule has 0 radical (unpaired) electrons. The van der Waals surface area contributed by atoms with Gasteiger partial charge in [0, 0.05) is 24.7 Å². The van der Waals surface area contributed by atoms with Gasteiger partial charge < -0.3 is 15.2 Å². The molecule has 2 atom stereocenters. The number of hydrogen-bond donors (Lipinski definition) is 1. The standard InChI is InChI=1S/C12H19NO3S/c1-9(6-7-15-2)17(14)12-8-10(16-3)4-5-11(12)13/h4-5,8-9H,6-7,13H2,1-3H3. The van der Waals surface area contributed by atoms with Gasteiger partial charge in [0.1, 0.15) is 5.75 Å². The first kappa shape index (κ1) is 14.0. The summed E-state index contributed by atoms with van der Waals surface area (Å²) < 4.78 is 22.3. The number of ether oxygens (including phenoxy) is 2. The number of benzene rings is 1. The fourth-order valence-corrected chi connectivity index (χ4v) is 2.70. The van der Waals surface area contributed by atoms with Crippen molar-refractivity contribution in [1.29, 1.82) is 0 Å². The third-order valence-corrected chi connectivity index (χ3v) is 4.29. The Balaban J connectivity index is 2.87. The van der Waals surface area contributed by atoms with Crippen molar-refractivity contribution in [3.63, 3.8) is 0 Å². The summed E-state index contributed by atoms with van der Waals surface area (Å²) in [6.07, 6.45) is 0.736. The van der Waals surface area contributed by atoms with Crippen LogP contribution in [0.15, 0.2) is 23.1 Å². The van der Waals surface area contributed by atoms with Crippen LogP contribution in [-0.2, 0) is 15.5 Å². The van der Waals surface area contributed by atoms with Crippen molar-refractivity contribution < 1.29 is 13.7 Å². The molecular formula is C12H19NO3S. The van der Waals surface area contributed by atoms with Gasteiger partial charge in [0.2, 0.25) is 0 Å². The lowest BCUT2D eigenvalue weighted by Crippen LogP contribution is -2.14. The van der Waals surface area contributed by atoms with Gasteiger partial charge in [-0.15, -0.1) is 0 Å². The number of nitrogens with two attached hydrogens (primary N) is 1. The lowest BCUT2D eigenvalue weighted by Gasteiger charge is -2.13. The Morgan fingerprint density at radius 3 is 2.71 bits per heavy atom. The number of methoxy groups -OCH3 is 2. The Morgan fingerprint density at radius 1 is 1.41 bits per heavy atom. The van der Waals surface area contributed by atoms with E-state index in [1.165, 1.54) is 0 Å². The molecule has 0 bridgehead atoms. The molecule has 1 aromatic rings. The van der Waals surface area contributed by atoms with Gasteiger partial charge in [-0.1, -0.05) is 6.92 Å². The molecule has 0 aromatic heterocycles. The highest BCUT2D eigenvalue weighted by atomic mass is 32.2. The largest absolute Gasteiger partial charge is 0.497 e. The topological polar surface area (TPSA) is 61.5 Å². The number of anilines is 1. The molecule has 2 unspecified atom stereocenters. The summed E-state index contributed by atoms with van der Waals surface area (Å²) in [7, 11) is 2.07. The molecule has 1 aromatic carbocycles. The molecule has 0 aliphatic rings. The minimum absolute atomic E-state index is 0.00403. The summed E-state index contributed by atoms with van der Waals surface area (Å²) in [6.45, 7) is 2.52. The highest BCUT2D eigenvalue weighted by Crippen LogP contribution is 2.25. The number of hydrogen-bond acceptors (Lipinski definition) is 4. The van der Waals surface area contributed by atoms with Crippen LogP contribution in [0.1, 0.15) is 13.3 Å². The zero-order valence-electron chi connectivity index (χ0n) is 10.4. The fourth-order valence-electron chi connectivity index (χ4n) is 1.42. The second kappa shape index (κ2) is 6.61. The van der Waals surface area contributed by atoms with E-state index in [1.54, 1.807) is 32.4 Å². The number of rotatable bonds is 6. The van der Waals surface area contributed by atoms with Crippen LogP contribution < -0.4 is 10.5 Å². The van der Waals surface area contributed by atoms with E-state index in [4.69, 9.17) is 15.2 Å². The molecule has 1 rings (SSSR count). The van der Waals surface area contributed by atoms with E-state index >= 15 is 0 Å². The van der Waals surface area contributed by atoms with Crippen molar-refractivity contribution in [2.24, 2.45) is 0 Å². The summed E-state index contributed by atoms with van der Waals surface area (Å²) in [6, 6.07) is 5.21. The van der Waals surface area contributed by atoms with Crippen molar-refractivity contribution in [1.82, 2.24) is 0 Å². The molecule has 5 heteroatoms. The first-order chi connectivity index (χ1) is 8.10. The SMILES string of the molecule is COCCC(C)S(=O)c1cc(OC)ccc1N. The van der Waals surface area contributed by atoms with Crippen molar-refractivity contribution >= 4 is 16.5 Å². The first-order valence-corrected chi connectivity index (χ1v) is 6.64. The van der Waals surface area contributed by atoms with Crippen LogP contribution in [0.5, 0.6) is 5.75 Å². The van der Waals surface area contributed by atoms with E-state index in [-0.39, 0.29) is 5.25 Å². The van der Waals surface area contributed by atoms with E-state index in [0.717, 1.165) is 6.42 Å². The van der Waals surface area contributed by atoms with Crippen LogP contribution in [0.25, 0.3) is 0 Å². The molecule has 0 saturated heterocycles. The summed E-state index contributed by atoms with van der Waals surface area (Å²) in [5, 5.41) is 0.00403. The minimum Gasteiger partial charge on any atom is -0.497 e. The van der Waals surface area contributed by atoms with Gasteiger partial charge in [0.05, 0.1) is 22.8 Å². The summed E-state index contributed by atoms with van der Waals surface area (Å²) in [5.41, 5.74) is 6.37. The molecule has 0 spiro atoms. The van der Waals surface area contributed by atoms with Gasteiger partial charge >= 0.3 is 0 Å². The van der Waals surface area contributed by atoms with Gasteiger partial charge in [0.15, 0.2) is 0 Å². The number of nitrogen functional groups attached to an aromatic ring is 1. The third-order valence-electron chi connectivity index (χ3n) is 2.53. The van der Waals surface area contributed by atoms with Crippen molar-refractivity contribution in [3.8, 4) is 5.75 Å². The Hall–Kier alpha value is -1.07. The van der Waals surface area contributed by atoms with Crippen LogP contribution >= 0.6 is 0 Å². The summed E-state index contributed by atoms with van der Waals surface area (Å²) in [4.78, 5) is 0.632. The predicted octanol–water partition coefficient (Wildman–Crippen LogP) is 1.81. The van der Waals surface area contributed by atoms with Crippen LogP contribution in [-0.4, -0.2) is 30.3 Å². The van der Waals surface area contributed by atoms with Gasteiger partial charge in [-0.3, -0.25) is 4.21 Å². The predicted molar refractivity (Wildman–Crippen MR) is 69.8 cm³/mol. The maximum Gasteiger partial charge on any atom is 0.120 e. The van der Waals surface area contributed by atoms with Gasteiger partial charge in [-0.2, -0.15) is 0 Å². The molecule has 2 N–H and O–H groups in total. The van der Waals surface area contributed by atoms with Gasteiger partial charge in [-0.05, 0) is 24.6 Å². The summed E-state index contributed by atoms with van der Waals surface area (Å²) in [5.74, 6) is 0.668. The molecule has 17 heavy (non-hydrogen) atoms.